The minimum atomic E-state index is -3.28. The smallest absolute Gasteiger partial charge is 0.217 e. The number of H-pyrrole nitrogens is 1. The average molecular weight is 332 g/mol. The lowest BCUT2D eigenvalue weighted by Crippen LogP contribution is -2.44. The summed E-state index contributed by atoms with van der Waals surface area (Å²) in [5.41, 5.74) is 2.34. The zero-order valence-corrected chi connectivity index (χ0v) is 13.7. The van der Waals surface area contributed by atoms with Crippen LogP contribution in [0.15, 0.2) is 30.6 Å². The van der Waals surface area contributed by atoms with Gasteiger partial charge in [0.05, 0.1) is 5.25 Å². The van der Waals surface area contributed by atoms with Gasteiger partial charge in [0.15, 0.2) is 0 Å². The summed E-state index contributed by atoms with van der Waals surface area (Å²) in [6, 6.07) is 8.04. The number of nitrogens with zero attached hydrogens (tertiary/aromatic N) is 3. The van der Waals surface area contributed by atoms with Gasteiger partial charge in [-0.1, -0.05) is 24.3 Å². The maximum atomic E-state index is 13.1. The van der Waals surface area contributed by atoms with Crippen LogP contribution in [0.5, 0.6) is 0 Å². The van der Waals surface area contributed by atoms with E-state index in [1.165, 1.54) is 17.5 Å². The normalized spacial score (nSPS) is 23.0. The number of hydrogen-bond acceptors (Lipinski definition) is 4. The van der Waals surface area contributed by atoms with Crippen LogP contribution in [0.4, 0.5) is 0 Å². The lowest BCUT2D eigenvalue weighted by atomic mass is 9.99. The Bertz CT molecular complexity index is 763. The van der Waals surface area contributed by atoms with Crippen molar-refractivity contribution in [3.63, 3.8) is 0 Å². The summed E-state index contributed by atoms with van der Waals surface area (Å²) in [5.74, 6) is 0.907. The molecule has 0 bridgehead atoms. The zero-order valence-electron chi connectivity index (χ0n) is 12.9. The molecule has 4 rings (SSSR count). The van der Waals surface area contributed by atoms with Crippen LogP contribution >= 0.6 is 0 Å². The molecule has 1 fully saturated rings. The molecule has 1 aromatic heterocycles. The van der Waals surface area contributed by atoms with Gasteiger partial charge in [0, 0.05) is 19.0 Å². The Morgan fingerprint density at radius 2 is 1.91 bits per heavy atom. The van der Waals surface area contributed by atoms with Crippen LogP contribution in [0.1, 0.15) is 35.7 Å². The van der Waals surface area contributed by atoms with Gasteiger partial charge in [-0.2, -0.15) is 5.10 Å². The van der Waals surface area contributed by atoms with E-state index in [0.717, 1.165) is 18.7 Å². The molecule has 6 nitrogen and oxygen atoms in total. The number of nitrogens with one attached hydrogen (secondary N) is 1. The number of aromatic nitrogens is 3. The SMILES string of the molecule is O=S(=O)(C1Cc2ccccc2C1)N1CCCC(c2ncn[nH]2)C1. The molecule has 0 spiro atoms. The molecule has 0 saturated carbocycles. The minimum absolute atomic E-state index is 0.116. The molecule has 1 N–H and O–H groups in total. The monoisotopic (exact) mass is 332 g/mol. The fraction of sp³-hybridized carbons (Fsp3) is 0.500. The molecule has 0 radical (unpaired) electrons. The quantitative estimate of drug-likeness (QED) is 0.923. The van der Waals surface area contributed by atoms with Crippen molar-refractivity contribution in [3.8, 4) is 0 Å². The average Bonchev–Trinajstić information content (AvgIpc) is 3.24. The third-order valence-electron chi connectivity index (χ3n) is 5.00. The number of sulfonamides is 1. The molecule has 1 aliphatic carbocycles. The van der Waals surface area contributed by atoms with Crippen LogP contribution in [0.2, 0.25) is 0 Å². The topological polar surface area (TPSA) is 79.0 Å². The summed E-state index contributed by atoms with van der Waals surface area (Å²) in [6.07, 6.45) is 4.55. The second kappa shape index (κ2) is 5.72. The van der Waals surface area contributed by atoms with Crippen LogP contribution in [-0.2, 0) is 22.9 Å². The van der Waals surface area contributed by atoms with Gasteiger partial charge in [0.1, 0.15) is 12.2 Å². The second-order valence-electron chi connectivity index (χ2n) is 6.41. The van der Waals surface area contributed by atoms with Crippen molar-refractivity contribution in [2.45, 2.75) is 36.9 Å². The van der Waals surface area contributed by atoms with E-state index >= 15 is 0 Å². The lowest BCUT2D eigenvalue weighted by Gasteiger charge is -2.32. The van der Waals surface area contributed by atoms with Crippen molar-refractivity contribution in [1.82, 2.24) is 19.5 Å². The van der Waals surface area contributed by atoms with E-state index < -0.39 is 10.0 Å². The number of piperidine rings is 1. The van der Waals surface area contributed by atoms with E-state index in [-0.39, 0.29) is 11.2 Å². The first kappa shape index (κ1) is 14.8. The fourth-order valence-corrected chi connectivity index (χ4v) is 5.72. The van der Waals surface area contributed by atoms with Gasteiger partial charge in [0.2, 0.25) is 10.0 Å². The predicted octanol–water partition coefficient (Wildman–Crippen LogP) is 1.48. The molecule has 1 atom stereocenters. The highest BCUT2D eigenvalue weighted by molar-refractivity contribution is 7.89. The molecule has 0 amide bonds. The van der Waals surface area contributed by atoms with Gasteiger partial charge in [-0.05, 0) is 36.8 Å². The molecule has 2 aromatic rings. The summed E-state index contributed by atoms with van der Waals surface area (Å²) in [7, 11) is -3.28. The molecule has 1 aromatic carbocycles. The molecule has 1 saturated heterocycles. The first-order valence-corrected chi connectivity index (χ1v) is 9.56. The van der Waals surface area contributed by atoms with E-state index in [2.05, 4.69) is 15.2 Å². The maximum Gasteiger partial charge on any atom is 0.217 e. The molecular formula is C16H20N4O2S. The summed E-state index contributed by atoms with van der Waals surface area (Å²) < 4.78 is 27.8. The highest BCUT2D eigenvalue weighted by Crippen LogP contribution is 2.32. The third-order valence-corrected chi connectivity index (χ3v) is 7.23. The Labute approximate surface area is 136 Å². The van der Waals surface area contributed by atoms with Gasteiger partial charge >= 0.3 is 0 Å². The lowest BCUT2D eigenvalue weighted by molar-refractivity contribution is 0.306. The third kappa shape index (κ3) is 2.68. The number of benzene rings is 1. The first-order chi connectivity index (χ1) is 11.1. The van der Waals surface area contributed by atoms with Crippen LogP contribution in [0.3, 0.4) is 0 Å². The van der Waals surface area contributed by atoms with Gasteiger partial charge in [0.25, 0.3) is 0 Å². The van der Waals surface area contributed by atoms with E-state index in [4.69, 9.17) is 0 Å². The number of rotatable bonds is 3. The molecule has 2 heterocycles. The van der Waals surface area contributed by atoms with E-state index in [9.17, 15) is 8.42 Å². The fourth-order valence-electron chi connectivity index (χ4n) is 3.75. The Morgan fingerprint density at radius 3 is 2.57 bits per heavy atom. The molecule has 2 aliphatic rings. The van der Waals surface area contributed by atoms with Crippen LogP contribution in [0, 0.1) is 0 Å². The Balaban J connectivity index is 1.53. The van der Waals surface area contributed by atoms with Gasteiger partial charge in [-0.15, -0.1) is 0 Å². The van der Waals surface area contributed by atoms with Gasteiger partial charge < -0.3 is 0 Å². The maximum absolute atomic E-state index is 13.1. The Morgan fingerprint density at radius 1 is 1.17 bits per heavy atom. The van der Waals surface area contributed by atoms with E-state index in [1.54, 1.807) is 4.31 Å². The highest BCUT2D eigenvalue weighted by Gasteiger charge is 2.39. The second-order valence-corrected chi connectivity index (χ2v) is 8.62. The number of hydrogen-bond donors (Lipinski definition) is 1. The number of fused-ring (bicyclic) bond motifs is 1. The van der Waals surface area contributed by atoms with Crippen molar-refractivity contribution in [2.75, 3.05) is 13.1 Å². The van der Waals surface area contributed by atoms with Crippen molar-refractivity contribution >= 4 is 10.0 Å². The highest BCUT2D eigenvalue weighted by atomic mass is 32.2. The van der Waals surface area contributed by atoms with Crippen molar-refractivity contribution in [3.05, 3.63) is 47.5 Å². The summed E-state index contributed by atoms with van der Waals surface area (Å²) in [6.45, 7) is 1.12. The zero-order chi connectivity index (χ0) is 15.9. The molecule has 1 aliphatic heterocycles. The Kier molecular flexibility index (Phi) is 3.69. The van der Waals surface area contributed by atoms with Crippen molar-refractivity contribution < 1.29 is 8.42 Å². The molecular weight excluding hydrogens is 312 g/mol. The van der Waals surface area contributed by atoms with Gasteiger partial charge in [-0.3, -0.25) is 5.10 Å². The minimum Gasteiger partial charge on any atom is -0.263 e. The van der Waals surface area contributed by atoms with Crippen molar-refractivity contribution in [1.29, 1.82) is 0 Å². The predicted molar refractivity (Wildman–Crippen MR) is 86.5 cm³/mol. The van der Waals surface area contributed by atoms with Gasteiger partial charge in [-0.25, -0.2) is 17.7 Å². The molecule has 122 valence electrons. The molecule has 1 unspecified atom stereocenters. The summed E-state index contributed by atoms with van der Waals surface area (Å²) in [4.78, 5) is 4.20. The first-order valence-electron chi connectivity index (χ1n) is 8.05. The largest absolute Gasteiger partial charge is 0.263 e. The molecule has 7 heteroatoms. The van der Waals surface area contributed by atoms with Crippen LogP contribution < -0.4 is 0 Å². The number of aromatic amines is 1. The summed E-state index contributed by atoms with van der Waals surface area (Å²) >= 11 is 0. The van der Waals surface area contributed by atoms with Crippen LogP contribution in [0.25, 0.3) is 0 Å². The summed E-state index contributed by atoms with van der Waals surface area (Å²) in [5, 5.41) is 6.44. The van der Waals surface area contributed by atoms with E-state index in [0.29, 0.717) is 25.9 Å². The Hall–Kier alpha value is -1.73. The van der Waals surface area contributed by atoms with Crippen LogP contribution in [-0.4, -0.2) is 46.2 Å². The van der Waals surface area contributed by atoms with Crippen molar-refractivity contribution in [2.24, 2.45) is 0 Å². The molecule has 23 heavy (non-hydrogen) atoms. The standard InChI is InChI=1S/C16H20N4O2S/c21-23(22,15-8-12-4-1-2-5-13(12)9-15)20-7-3-6-14(10-20)16-17-11-18-19-16/h1-2,4-5,11,14-15H,3,6-10H2,(H,17,18,19). The van der Waals surface area contributed by atoms with E-state index in [1.807, 2.05) is 24.3 Å².